The fourth-order valence-corrected chi connectivity index (χ4v) is 5.80. The first-order valence-corrected chi connectivity index (χ1v) is 12.3. The molecule has 0 aromatic heterocycles. The van der Waals surface area contributed by atoms with Crippen LogP contribution in [0.4, 0.5) is 5.69 Å². The fraction of sp³-hybridized carbons (Fsp3) is 0.200. The quantitative estimate of drug-likeness (QED) is 0.633. The number of sulfonamides is 1. The van der Waals surface area contributed by atoms with Crippen molar-refractivity contribution in [2.24, 2.45) is 10.7 Å². The number of carbonyl (C=O) groups excluding carboxylic acids is 1. The third-order valence-corrected chi connectivity index (χ3v) is 7.87. The molecule has 0 saturated carbocycles. The number of fused-ring (bicyclic) bond motifs is 1. The minimum absolute atomic E-state index is 0.00261. The van der Waals surface area contributed by atoms with Crippen molar-refractivity contribution in [1.82, 2.24) is 4.31 Å². The van der Waals surface area contributed by atoms with E-state index in [9.17, 15) is 13.2 Å². The molecule has 0 spiro atoms. The smallest absolute Gasteiger partial charge is 0.266 e. The number of nitrogens with two attached hydrogens (primary N) is 1. The Balaban J connectivity index is 1.36. The van der Waals surface area contributed by atoms with Crippen LogP contribution in [0, 0.1) is 0 Å². The highest BCUT2D eigenvalue weighted by molar-refractivity contribution is 7.89. The first kappa shape index (κ1) is 21.2. The predicted molar refractivity (Wildman–Crippen MR) is 127 cm³/mol. The predicted octanol–water partition coefficient (Wildman–Crippen LogP) is 2.88. The average Bonchev–Trinajstić information content (AvgIpc) is 3.44. The molecule has 33 heavy (non-hydrogen) atoms. The van der Waals surface area contributed by atoms with E-state index in [0.29, 0.717) is 19.4 Å². The van der Waals surface area contributed by atoms with E-state index in [0.717, 1.165) is 22.4 Å². The number of benzene rings is 3. The molecule has 2 heterocycles. The lowest BCUT2D eigenvalue weighted by atomic mass is 10.1. The second-order valence-electron chi connectivity index (χ2n) is 8.20. The summed E-state index contributed by atoms with van der Waals surface area (Å²) in [5.41, 5.74) is 9.49. The molecule has 0 saturated heterocycles. The van der Waals surface area contributed by atoms with Crippen molar-refractivity contribution in [2.75, 3.05) is 18.0 Å². The maximum absolute atomic E-state index is 13.4. The van der Waals surface area contributed by atoms with Crippen LogP contribution in [-0.2, 0) is 27.7 Å². The Bertz CT molecular complexity index is 1320. The first-order valence-electron chi connectivity index (χ1n) is 10.8. The first-order chi connectivity index (χ1) is 15.9. The Kier molecular flexibility index (Phi) is 5.38. The van der Waals surface area contributed by atoms with Gasteiger partial charge in [-0.25, -0.2) is 17.7 Å². The zero-order chi connectivity index (χ0) is 23.0. The van der Waals surface area contributed by atoms with Gasteiger partial charge in [0.2, 0.25) is 11.9 Å². The summed E-state index contributed by atoms with van der Waals surface area (Å²) in [6.45, 7) is 0.699. The van der Waals surface area contributed by atoms with Crippen LogP contribution in [-0.4, -0.2) is 37.7 Å². The molecule has 7 nitrogen and oxygen atoms in total. The van der Waals surface area contributed by atoms with Gasteiger partial charge in [-0.1, -0.05) is 60.7 Å². The molecule has 3 aromatic carbocycles. The number of carbonyl (C=O) groups is 1. The Morgan fingerprint density at radius 3 is 2.42 bits per heavy atom. The van der Waals surface area contributed by atoms with Gasteiger partial charge >= 0.3 is 0 Å². The van der Waals surface area contributed by atoms with Crippen LogP contribution in [0.5, 0.6) is 0 Å². The van der Waals surface area contributed by atoms with Gasteiger partial charge in [0.05, 0.1) is 23.9 Å². The van der Waals surface area contributed by atoms with Gasteiger partial charge in [0.15, 0.2) is 0 Å². The van der Waals surface area contributed by atoms with Crippen molar-refractivity contribution in [2.45, 2.75) is 23.8 Å². The number of hydrogen-bond acceptors (Lipinski definition) is 5. The van der Waals surface area contributed by atoms with E-state index < -0.39 is 10.0 Å². The van der Waals surface area contributed by atoms with E-state index in [1.165, 1.54) is 4.31 Å². The van der Waals surface area contributed by atoms with Crippen LogP contribution in [0.3, 0.4) is 0 Å². The summed E-state index contributed by atoms with van der Waals surface area (Å²) in [6, 6.07) is 23.7. The molecule has 3 aromatic rings. The lowest BCUT2D eigenvalue weighted by Crippen LogP contribution is -2.39. The average molecular weight is 461 g/mol. The Morgan fingerprint density at radius 1 is 1.00 bits per heavy atom. The molecule has 0 fully saturated rings. The Morgan fingerprint density at radius 2 is 1.70 bits per heavy atom. The molecule has 0 radical (unpaired) electrons. The third-order valence-electron chi connectivity index (χ3n) is 6.10. The molecule has 1 amide bonds. The highest BCUT2D eigenvalue weighted by Crippen LogP contribution is 2.33. The van der Waals surface area contributed by atoms with Gasteiger partial charge in [0, 0.05) is 12.2 Å². The highest BCUT2D eigenvalue weighted by Gasteiger charge is 2.35. The van der Waals surface area contributed by atoms with Crippen LogP contribution in [0.2, 0.25) is 0 Å². The van der Waals surface area contributed by atoms with Crippen LogP contribution in [0.1, 0.15) is 22.7 Å². The number of hydrogen-bond donors (Lipinski definition) is 1. The summed E-state index contributed by atoms with van der Waals surface area (Å²) in [7, 11) is -3.86. The Hall–Kier alpha value is -3.65. The molecule has 2 N–H and O–H groups in total. The number of amides is 1. The van der Waals surface area contributed by atoms with Gasteiger partial charge in [-0.05, 0) is 41.3 Å². The molecule has 1 atom stereocenters. The van der Waals surface area contributed by atoms with Gasteiger partial charge in [-0.15, -0.1) is 0 Å². The number of rotatable bonds is 5. The molecular weight excluding hydrogens is 436 g/mol. The molecule has 2 aliphatic rings. The summed E-state index contributed by atoms with van der Waals surface area (Å²) in [6.07, 6.45) is 0.914. The Labute approximate surface area is 193 Å². The van der Waals surface area contributed by atoms with Crippen LogP contribution >= 0.6 is 0 Å². The molecular formula is C25H24N4O3S. The minimum Gasteiger partial charge on any atom is -0.369 e. The second kappa shape index (κ2) is 8.37. The van der Waals surface area contributed by atoms with Gasteiger partial charge < -0.3 is 10.6 Å². The second-order valence-corrected chi connectivity index (χ2v) is 10.1. The fourth-order valence-electron chi connectivity index (χ4n) is 4.38. The lowest BCUT2D eigenvalue weighted by molar-refractivity contribution is -0.117. The van der Waals surface area contributed by atoms with E-state index in [4.69, 9.17) is 5.73 Å². The van der Waals surface area contributed by atoms with E-state index in [2.05, 4.69) is 4.99 Å². The van der Waals surface area contributed by atoms with Crippen molar-refractivity contribution >= 4 is 27.6 Å². The standard InChI is InChI=1S/C25H24N4O3S/c26-25-27-22(19-9-5-2-6-10-19)17-29(25)33(31,32)21-11-12-23-20(16-21)13-14-28(23)24(30)15-18-7-3-1-4-8-18/h1-12,16,22H,13-15,17H2,(H2,26,27)/t22-/m1/s1. The molecule has 5 rings (SSSR count). The SMILES string of the molecule is NC1=N[C@@H](c2ccccc2)CN1S(=O)(=O)c1ccc2c(c1)CCN2C(=O)Cc1ccccc1. The van der Waals surface area contributed by atoms with Crippen LogP contribution in [0.15, 0.2) is 88.8 Å². The highest BCUT2D eigenvalue weighted by atomic mass is 32.2. The van der Waals surface area contributed by atoms with Crippen LogP contribution < -0.4 is 10.6 Å². The summed E-state index contributed by atoms with van der Waals surface area (Å²) in [5, 5.41) is 0. The maximum atomic E-state index is 13.4. The van der Waals surface area contributed by atoms with Gasteiger partial charge in [-0.3, -0.25) is 4.79 Å². The van der Waals surface area contributed by atoms with Crippen molar-refractivity contribution in [1.29, 1.82) is 0 Å². The largest absolute Gasteiger partial charge is 0.369 e. The summed E-state index contributed by atoms with van der Waals surface area (Å²) in [4.78, 5) is 19.1. The number of aliphatic imine (C=N–C) groups is 1. The third kappa shape index (κ3) is 3.98. The zero-order valence-corrected chi connectivity index (χ0v) is 18.8. The maximum Gasteiger partial charge on any atom is 0.266 e. The number of anilines is 1. The number of guanidine groups is 1. The summed E-state index contributed by atoms with van der Waals surface area (Å²) >= 11 is 0. The normalized spacial score (nSPS) is 17.7. The monoisotopic (exact) mass is 460 g/mol. The van der Waals surface area contributed by atoms with E-state index in [1.807, 2.05) is 60.7 Å². The minimum atomic E-state index is -3.86. The molecule has 0 aliphatic carbocycles. The van der Waals surface area contributed by atoms with E-state index >= 15 is 0 Å². The molecule has 2 aliphatic heterocycles. The molecule has 0 bridgehead atoms. The summed E-state index contributed by atoms with van der Waals surface area (Å²) in [5.74, 6) is -0.0128. The van der Waals surface area contributed by atoms with E-state index in [1.54, 1.807) is 23.1 Å². The zero-order valence-electron chi connectivity index (χ0n) is 18.0. The number of nitrogens with zero attached hydrogens (tertiary/aromatic N) is 3. The van der Waals surface area contributed by atoms with E-state index in [-0.39, 0.29) is 29.3 Å². The van der Waals surface area contributed by atoms with Gasteiger partial charge in [0.1, 0.15) is 0 Å². The molecule has 168 valence electrons. The topological polar surface area (TPSA) is 96.1 Å². The van der Waals surface area contributed by atoms with Crippen LogP contribution in [0.25, 0.3) is 0 Å². The lowest BCUT2D eigenvalue weighted by Gasteiger charge is -2.20. The molecule has 8 heteroatoms. The summed E-state index contributed by atoms with van der Waals surface area (Å²) < 4.78 is 27.9. The van der Waals surface area contributed by atoms with Crippen molar-refractivity contribution in [3.63, 3.8) is 0 Å². The van der Waals surface area contributed by atoms with Gasteiger partial charge in [0.25, 0.3) is 10.0 Å². The van der Waals surface area contributed by atoms with Crippen molar-refractivity contribution in [3.8, 4) is 0 Å². The molecule has 0 unspecified atom stereocenters. The van der Waals surface area contributed by atoms with Crippen molar-refractivity contribution in [3.05, 3.63) is 95.6 Å². The van der Waals surface area contributed by atoms with Crippen molar-refractivity contribution < 1.29 is 13.2 Å². The van der Waals surface area contributed by atoms with Gasteiger partial charge in [-0.2, -0.15) is 0 Å².